The van der Waals surface area contributed by atoms with Crippen LogP contribution in [0.3, 0.4) is 0 Å². The molecule has 2 aromatic carbocycles. The molecule has 0 aromatic heterocycles. The molecule has 1 atom stereocenters. The van der Waals surface area contributed by atoms with E-state index in [0.717, 1.165) is 32.6 Å². The highest BCUT2D eigenvalue weighted by Gasteiger charge is 2.26. The second-order valence-corrected chi connectivity index (χ2v) is 8.56. The molecule has 140 valence electrons. The first kappa shape index (κ1) is 19.0. The van der Waals surface area contributed by atoms with Crippen molar-refractivity contribution in [2.45, 2.75) is 17.4 Å². The van der Waals surface area contributed by atoms with Crippen LogP contribution in [0.5, 0.6) is 0 Å². The van der Waals surface area contributed by atoms with Crippen LogP contribution in [0, 0.1) is 0 Å². The Morgan fingerprint density at radius 3 is 2.35 bits per heavy atom. The van der Waals surface area contributed by atoms with Crippen molar-refractivity contribution in [2.75, 3.05) is 39.8 Å². The molecule has 1 heterocycles. The van der Waals surface area contributed by atoms with Crippen LogP contribution in [0.1, 0.15) is 18.0 Å². The number of hydrogen-bond acceptors (Lipinski definition) is 4. The van der Waals surface area contributed by atoms with Crippen LogP contribution >= 0.6 is 0 Å². The second-order valence-electron chi connectivity index (χ2n) is 6.79. The zero-order valence-corrected chi connectivity index (χ0v) is 16.0. The number of rotatable bonds is 7. The molecule has 0 spiro atoms. The molecule has 26 heavy (non-hydrogen) atoms. The van der Waals surface area contributed by atoms with Gasteiger partial charge in [0.2, 0.25) is 10.0 Å². The summed E-state index contributed by atoms with van der Waals surface area (Å²) in [6.45, 7) is 4.37. The molecule has 1 aliphatic heterocycles. The van der Waals surface area contributed by atoms with E-state index in [0.29, 0.717) is 17.5 Å². The first-order valence-corrected chi connectivity index (χ1v) is 10.6. The van der Waals surface area contributed by atoms with Gasteiger partial charge in [0.25, 0.3) is 0 Å². The third-order valence-electron chi connectivity index (χ3n) is 4.85. The summed E-state index contributed by atoms with van der Waals surface area (Å²) in [5, 5.41) is 0. The highest BCUT2D eigenvalue weighted by Crippen LogP contribution is 2.24. The van der Waals surface area contributed by atoms with Gasteiger partial charge in [0, 0.05) is 38.8 Å². The maximum Gasteiger partial charge on any atom is 0.240 e. The van der Waals surface area contributed by atoms with Crippen molar-refractivity contribution >= 4 is 10.0 Å². The normalized spacial score (nSPS) is 19.5. The lowest BCUT2D eigenvalue weighted by molar-refractivity contribution is 0.0892. The summed E-state index contributed by atoms with van der Waals surface area (Å²) < 4.78 is 27.3. The van der Waals surface area contributed by atoms with Crippen LogP contribution in [0.4, 0.5) is 0 Å². The van der Waals surface area contributed by atoms with Gasteiger partial charge in [-0.1, -0.05) is 48.5 Å². The number of piperazine rings is 1. The molecule has 0 bridgehead atoms. The molecule has 5 nitrogen and oxygen atoms in total. The van der Waals surface area contributed by atoms with Gasteiger partial charge in [-0.25, -0.2) is 13.1 Å². The van der Waals surface area contributed by atoms with E-state index >= 15 is 0 Å². The third kappa shape index (κ3) is 4.92. The van der Waals surface area contributed by atoms with Gasteiger partial charge >= 0.3 is 0 Å². The van der Waals surface area contributed by atoms with E-state index in [-0.39, 0.29) is 0 Å². The number of nitrogens with one attached hydrogen (secondary N) is 1. The molecule has 3 rings (SSSR count). The van der Waals surface area contributed by atoms with E-state index in [1.54, 1.807) is 24.3 Å². The van der Waals surface area contributed by atoms with E-state index in [1.807, 2.05) is 12.1 Å². The van der Waals surface area contributed by atoms with Crippen molar-refractivity contribution in [3.63, 3.8) is 0 Å². The molecule has 0 aliphatic carbocycles. The van der Waals surface area contributed by atoms with Crippen LogP contribution in [0.15, 0.2) is 65.6 Å². The third-order valence-corrected chi connectivity index (χ3v) is 6.32. The number of benzene rings is 2. The molecule has 0 amide bonds. The average Bonchev–Trinajstić information content (AvgIpc) is 2.67. The van der Waals surface area contributed by atoms with Crippen molar-refractivity contribution in [1.29, 1.82) is 0 Å². The number of hydrogen-bond donors (Lipinski definition) is 1. The Morgan fingerprint density at radius 2 is 1.65 bits per heavy atom. The molecule has 0 saturated carbocycles. The quantitative estimate of drug-likeness (QED) is 0.757. The fraction of sp³-hybridized carbons (Fsp3) is 0.400. The molecule has 0 unspecified atom stereocenters. The largest absolute Gasteiger partial charge is 0.303 e. The molecule has 1 saturated heterocycles. The lowest BCUT2D eigenvalue weighted by atomic mass is 10.0. The van der Waals surface area contributed by atoms with Crippen LogP contribution in [-0.4, -0.2) is 58.0 Å². The SMILES string of the molecule is CN1CCN(CCCNS(=O)(=O)c2ccccc2)[C@@H](c2ccccc2)C1. The number of sulfonamides is 1. The van der Waals surface area contributed by atoms with Crippen molar-refractivity contribution < 1.29 is 8.42 Å². The summed E-state index contributed by atoms with van der Waals surface area (Å²) in [7, 11) is -1.26. The molecule has 1 N–H and O–H groups in total. The van der Waals surface area contributed by atoms with Gasteiger partial charge in [-0.2, -0.15) is 0 Å². The van der Waals surface area contributed by atoms with Crippen molar-refractivity contribution in [3.8, 4) is 0 Å². The molecular weight excluding hydrogens is 346 g/mol. The van der Waals surface area contributed by atoms with Gasteiger partial charge in [-0.05, 0) is 31.2 Å². The van der Waals surface area contributed by atoms with E-state index in [2.05, 4.69) is 45.8 Å². The molecular formula is C20H27N3O2S. The monoisotopic (exact) mass is 373 g/mol. The minimum absolute atomic E-state index is 0.321. The minimum Gasteiger partial charge on any atom is -0.303 e. The maximum absolute atomic E-state index is 12.3. The van der Waals surface area contributed by atoms with Crippen molar-refractivity contribution in [2.24, 2.45) is 0 Å². The highest BCUT2D eigenvalue weighted by molar-refractivity contribution is 7.89. The van der Waals surface area contributed by atoms with E-state index in [4.69, 9.17) is 0 Å². The summed E-state index contributed by atoms with van der Waals surface area (Å²) in [5.74, 6) is 0. The Bertz CT molecular complexity index is 781. The molecule has 0 radical (unpaired) electrons. The maximum atomic E-state index is 12.3. The zero-order chi connectivity index (χ0) is 18.4. The molecule has 1 fully saturated rings. The summed E-state index contributed by atoms with van der Waals surface area (Å²) in [5.41, 5.74) is 1.32. The lowest BCUT2D eigenvalue weighted by Gasteiger charge is -2.40. The van der Waals surface area contributed by atoms with Crippen molar-refractivity contribution in [1.82, 2.24) is 14.5 Å². The first-order valence-electron chi connectivity index (χ1n) is 9.08. The van der Waals surface area contributed by atoms with Crippen molar-refractivity contribution in [3.05, 3.63) is 66.2 Å². The van der Waals surface area contributed by atoms with Gasteiger partial charge in [-0.15, -0.1) is 0 Å². The molecule has 2 aromatic rings. The standard InChI is InChI=1S/C20H27N3O2S/c1-22-15-16-23(20(17-22)18-9-4-2-5-10-18)14-8-13-21-26(24,25)19-11-6-3-7-12-19/h2-7,9-12,20-21H,8,13-17H2,1H3/t20-/m1/s1. The summed E-state index contributed by atoms with van der Waals surface area (Å²) in [6.07, 6.45) is 0.791. The van der Waals surface area contributed by atoms with Gasteiger partial charge < -0.3 is 4.90 Å². The average molecular weight is 374 g/mol. The van der Waals surface area contributed by atoms with Crippen LogP contribution < -0.4 is 4.72 Å². The predicted octanol–water partition coefficient (Wildman–Crippen LogP) is 2.34. The number of likely N-dealkylation sites (N-methyl/N-ethyl adjacent to an activating group) is 1. The predicted molar refractivity (Wildman–Crippen MR) is 105 cm³/mol. The minimum atomic E-state index is -3.41. The molecule has 6 heteroatoms. The first-order chi connectivity index (χ1) is 12.6. The fourth-order valence-corrected chi connectivity index (χ4v) is 4.48. The second kappa shape index (κ2) is 8.77. The summed E-state index contributed by atoms with van der Waals surface area (Å²) in [4.78, 5) is 5.14. The Hall–Kier alpha value is -1.73. The summed E-state index contributed by atoms with van der Waals surface area (Å²) in [6, 6.07) is 19.4. The van der Waals surface area contributed by atoms with E-state index in [1.165, 1.54) is 5.56 Å². The number of nitrogens with zero attached hydrogens (tertiary/aromatic N) is 2. The highest BCUT2D eigenvalue weighted by atomic mass is 32.2. The van der Waals surface area contributed by atoms with Crippen LogP contribution in [0.25, 0.3) is 0 Å². The van der Waals surface area contributed by atoms with Gasteiger partial charge in [0.1, 0.15) is 0 Å². The Balaban J connectivity index is 1.55. The van der Waals surface area contributed by atoms with Crippen LogP contribution in [0.2, 0.25) is 0 Å². The Labute approximate surface area is 156 Å². The smallest absolute Gasteiger partial charge is 0.240 e. The van der Waals surface area contributed by atoms with E-state index in [9.17, 15) is 8.42 Å². The van der Waals surface area contributed by atoms with Gasteiger partial charge in [0.15, 0.2) is 0 Å². The molecule has 1 aliphatic rings. The fourth-order valence-electron chi connectivity index (χ4n) is 3.39. The van der Waals surface area contributed by atoms with Crippen LogP contribution in [-0.2, 0) is 10.0 Å². The Morgan fingerprint density at radius 1 is 1.00 bits per heavy atom. The topological polar surface area (TPSA) is 52.6 Å². The zero-order valence-electron chi connectivity index (χ0n) is 15.2. The summed E-state index contributed by atoms with van der Waals surface area (Å²) >= 11 is 0. The van der Waals surface area contributed by atoms with Gasteiger partial charge in [-0.3, -0.25) is 4.90 Å². The van der Waals surface area contributed by atoms with E-state index < -0.39 is 10.0 Å². The lowest BCUT2D eigenvalue weighted by Crippen LogP contribution is -2.47. The Kier molecular flexibility index (Phi) is 6.43. The van der Waals surface area contributed by atoms with Gasteiger partial charge in [0.05, 0.1) is 4.90 Å².